The summed E-state index contributed by atoms with van der Waals surface area (Å²) in [6.07, 6.45) is 0. The number of nitrogens with two attached hydrogens (primary N) is 1. The molecule has 0 fully saturated rings. The van der Waals surface area contributed by atoms with Gasteiger partial charge in [0, 0.05) is 18.1 Å². The van der Waals surface area contributed by atoms with E-state index in [1.54, 1.807) is 24.3 Å². The van der Waals surface area contributed by atoms with Crippen molar-refractivity contribution in [1.82, 2.24) is 5.32 Å². The van der Waals surface area contributed by atoms with Crippen LogP contribution >= 0.6 is 11.6 Å². The lowest BCUT2D eigenvalue weighted by molar-refractivity contribution is -0.123. The molecule has 0 radical (unpaired) electrons. The van der Waals surface area contributed by atoms with Gasteiger partial charge in [0.1, 0.15) is 5.75 Å². The molecule has 110 valence electrons. The van der Waals surface area contributed by atoms with Gasteiger partial charge in [0.2, 0.25) is 0 Å². The molecule has 1 amide bonds. The molecule has 0 bridgehead atoms. The SMILES string of the molecule is NCc1ccccc1CNC(=O)COc1ccc(Cl)cc1. The highest BCUT2D eigenvalue weighted by molar-refractivity contribution is 6.30. The van der Waals surface area contributed by atoms with Crippen LogP contribution in [0.2, 0.25) is 5.02 Å². The molecule has 0 saturated heterocycles. The molecular formula is C16H17ClN2O2. The van der Waals surface area contributed by atoms with Gasteiger partial charge in [0.15, 0.2) is 6.61 Å². The quantitative estimate of drug-likeness (QED) is 0.862. The lowest BCUT2D eigenvalue weighted by Crippen LogP contribution is -2.28. The van der Waals surface area contributed by atoms with Gasteiger partial charge in [0.25, 0.3) is 5.91 Å². The third kappa shape index (κ3) is 4.77. The molecule has 3 N–H and O–H groups in total. The van der Waals surface area contributed by atoms with E-state index in [9.17, 15) is 4.79 Å². The van der Waals surface area contributed by atoms with Gasteiger partial charge < -0.3 is 15.8 Å². The molecule has 0 atom stereocenters. The summed E-state index contributed by atoms with van der Waals surface area (Å²) in [7, 11) is 0. The maximum Gasteiger partial charge on any atom is 0.258 e. The Morgan fingerprint density at radius 1 is 1.10 bits per heavy atom. The first-order valence-electron chi connectivity index (χ1n) is 6.61. The lowest BCUT2D eigenvalue weighted by atomic mass is 10.1. The van der Waals surface area contributed by atoms with Gasteiger partial charge in [-0.05, 0) is 35.4 Å². The van der Waals surface area contributed by atoms with E-state index in [0.717, 1.165) is 11.1 Å². The summed E-state index contributed by atoms with van der Waals surface area (Å²) in [5.41, 5.74) is 7.69. The van der Waals surface area contributed by atoms with E-state index < -0.39 is 0 Å². The molecule has 4 nitrogen and oxygen atoms in total. The van der Waals surface area contributed by atoms with Crippen LogP contribution in [0.5, 0.6) is 5.75 Å². The minimum Gasteiger partial charge on any atom is -0.484 e. The summed E-state index contributed by atoms with van der Waals surface area (Å²) in [6.45, 7) is 0.857. The summed E-state index contributed by atoms with van der Waals surface area (Å²) < 4.78 is 5.37. The zero-order valence-electron chi connectivity index (χ0n) is 11.5. The molecule has 0 aliphatic heterocycles. The van der Waals surface area contributed by atoms with Crippen LogP contribution in [0.25, 0.3) is 0 Å². The number of rotatable bonds is 6. The van der Waals surface area contributed by atoms with Crippen molar-refractivity contribution in [1.29, 1.82) is 0 Å². The first-order valence-corrected chi connectivity index (χ1v) is 6.99. The Labute approximate surface area is 128 Å². The monoisotopic (exact) mass is 304 g/mol. The number of carbonyl (C=O) groups excluding carboxylic acids is 1. The van der Waals surface area contributed by atoms with Crippen LogP contribution < -0.4 is 15.8 Å². The van der Waals surface area contributed by atoms with Gasteiger partial charge in [-0.1, -0.05) is 35.9 Å². The predicted octanol–water partition coefficient (Wildman–Crippen LogP) is 2.49. The van der Waals surface area contributed by atoms with Crippen LogP contribution in [-0.2, 0) is 17.9 Å². The van der Waals surface area contributed by atoms with Gasteiger partial charge in [-0.2, -0.15) is 0 Å². The number of nitrogens with one attached hydrogen (secondary N) is 1. The van der Waals surface area contributed by atoms with Gasteiger partial charge >= 0.3 is 0 Å². The second-order valence-electron chi connectivity index (χ2n) is 4.49. The van der Waals surface area contributed by atoms with Gasteiger partial charge in [0.05, 0.1) is 0 Å². The molecule has 2 aromatic carbocycles. The fourth-order valence-electron chi connectivity index (χ4n) is 1.85. The van der Waals surface area contributed by atoms with Crippen molar-refractivity contribution in [3.8, 4) is 5.75 Å². The molecule has 0 spiro atoms. The largest absolute Gasteiger partial charge is 0.484 e. The zero-order chi connectivity index (χ0) is 15.1. The van der Waals surface area contributed by atoms with Crippen LogP contribution in [0.15, 0.2) is 48.5 Å². The highest BCUT2D eigenvalue weighted by Gasteiger charge is 2.05. The first kappa shape index (κ1) is 15.4. The number of carbonyl (C=O) groups is 1. The Morgan fingerprint density at radius 2 is 1.76 bits per heavy atom. The van der Waals surface area contributed by atoms with Gasteiger partial charge in [-0.15, -0.1) is 0 Å². The Kier molecular flexibility index (Phi) is 5.60. The fourth-order valence-corrected chi connectivity index (χ4v) is 1.98. The molecule has 0 unspecified atom stereocenters. The van der Waals surface area contributed by atoms with E-state index >= 15 is 0 Å². The van der Waals surface area contributed by atoms with Crippen LogP contribution in [-0.4, -0.2) is 12.5 Å². The fraction of sp³-hybridized carbons (Fsp3) is 0.188. The van der Waals surface area contributed by atoms with E-state index in [-0.39, 0.29) is 12.5 Å². The summed E-state index contributed by atoms with van der Waals surface area (Å²) in [4.78, 5) is 11.8. The summed E-state index contributed by atoms with van der Waals surface area (Å²) in [5.74, 6) is 0.425. The van der Waals surface area contributed by atoms with Crippen molar-refractivity contribution in [2.45, 2.75) is 13.1 Å². The topological polar surface area (TPSA) is 64.3 Å². The average molecular weight is 305 g/mol. The van der Waals surface area contributed by atoms with E-state index in [2.05, 4.69) is 5.32 Å². The summed E-state index contributed by atoms with van der Waals surface area (Å²) in [6, 6.07) is 14.6. The number of halogens is 1. The van der Waals surface area contributed by atoms with Crippen LogP contribution in [0.1, 0.15) is 11.1 Å². The van der Waals surface area contributed by atoms with Crippen LogP contribution in [0.3, 0.4) is 0 Å². The smallest absolute Gasteiger partial charge is 0.258 e. The molecule has 21 heavy (non-hydrogen) atoms. The molecule has 0 aliphatic carbocycles. The highest BCUT2D eigenvalue weighted by atomic mass is 35.5. The van der Waals surface area contributed by atoms with Crippen molar-refractivity contribution in [3.63, 3.8) is 0 Å². The van der Waals surface area contributed by atoms with Crippen molar-refractivity contribution >= 4 is 17.5 Å². The van der Waals surface area contributed by atoms with E-state index in [0.29, 0.717) is 23.9 Å². The molecule has 5 heteroatoms. The molecular weight excluding hydrogens is 288 g/mol. The van der Waals surface area contributed by atoms with Crippen molar-refractivity contribution in [2.75, 3.05) is 6.61 Å². The van der Waals surface area contributed by atoms with Crippen LogP contribution in [0, 0.1) is 0 Å². The molecule has 2 rings (SSSR count). The second kappa shape index (κ2) is 7.67. The Hall–Kier alpha value is -2.04. The number of benzene rings is 2. The van der Waals surface area contributed by atoms with E-state index in [4.69, 9.17) is 22.1 Å². The maximum absolute atomic E-state index is 11.8. The van der Waals surface area contributed by atoms with E-state index in [1.807, 2.05) is 24.3 Å². The lowest BCUT2D eigenvalue weighted by Gasteiger charge is -2.10. The molecule has 0 aliphatic rings. The highest BCUT2D eigenvalue weighted by Crippen LogP contribution is 2.15. The standard InChI is InChI=1S/C16H17ClN2O2/c17-14-5-7-15(8-6-14)21-11-16(20)19-10-13-4-2-1-3-12(13)9-18/h1-8H,9-11,18H2,(H,19,20). The van der Waals surface area contributed by atoms with Gasteiger partial charge in [-0.25, -0.2) is 0 Å². The van der Waals surface area contributed by atoms with Crippen LogP contribution in [0.4, 0.5) is 0 Å². The number of ether oxygens (including phenoxy) is 1. The molecule has 2 aromatic rings. The second-order valence-corrected chi connectivity index (χ2v) is 4.93. The van der Waals surface area contributed by atoms with Crippen molar-refractivity contribution in [2.24, 2.45) is 5.73 Å². The minimum absolute atomic E-state index is 0.0353. The molecule has 0 aromatic heterocycles. The Bertz CT molecular complexity index is 599. The first-order chi connectivity index (χ1) is 10.2. The molecule has 0 heterocycles. The molecule has 0 saturated carbocycles. The number of hydrogen-bond acceptors (Lipinski definition) is 3. The van der Waals surface area contributed by atoms with Crippen molar-refractivity contribution in [3.05, 3.63) is 64.7 Å². The zero-order valence-corrected chi connectivity index (χ0v) is 12.3. The average Bonchev–Trinajstić information content (AvgIpc) is 2.52. The third-order valence-electron chi connectivity index (χ3n) is 3.00. The predicted molar refractivity (Wildman–Crippen MR) is 83.1 cm³/mol. The summed E-state index contributed by atoms with van der Waals surface area (Å²) in [5, 5.41) is 3.44. The third-order valence-corrected chi connectivity index (χ3v) is 3.25. The van der Waals surface area contributed by atoms with Gasteiger partial charge in [-0.3, -0.25) is 4.79 Å². The Morgan fingerprint density at radius 3 is 2.43 bits per heavy atom. The van der Waals surface area contributed by atoms with Crippen molar-refractivity contribution < 1.29 is 9.53 Å². The Balaban J connectivity index is 1.81. The summed E-state index contributed by atoms with van der Waals surface area (Å²) >= 11 is 5.78. The van der Waals surface area contributed by atoms with E-state index in [1.165, 1.54) is 0 Å². The maximum atomic E-state index is 11.8. The normalized spacial score (nSPS) is 10.2. The number of hydrogen-bond donors (Lipinski definition) is 2. The minimum atomic E-state index is -0.184. The number of amides is 1.